The lowest BCUT2D eigenvalue weighted by atomic mass is 10.1. The normalized spacial score (nSPS) is 16.6. The topological polar surface area (TPSA) is 76.1 Å². The number of hydrogen-bond donors (Lipinski definition) is 1. The molecule has 1 aliphatic heterocycles. The van der Waals surface area contributed by atoms with Crippen LogP contribution in [0.5, 0.6) is 11.5 Å². The number of amides is 1. The fourth-order valence-electron chi connectivity index (χ4n) is 3.11. The van der Waals surface area contributed by atoms with Crippen molar-refractivity contribution in [3.8, 4) is 11.5 Å². The van der Waals surface area contributed by atoms with E-state index in [1.165, 1.54) is 0 Å². The molecule has 1 unspecified atom stereocenters. The minimum absolute atomic E-state index is 0.0742. The number of carbonyl (C=O) groups excluding carboxylic acids is 1. The molecule has 1 fully saturated rings. The summed E-state index contributed by atoms with van der Waals surface area (Å²) in [5, 5.41) is 9.56. The average molecular weight is 398 g/mol. The predicted molar refractivity (Wildman–Crippen MR) is 104 cm³/mol. The van der Waals surface area contributed by atoms with E-state index in [4.69, 9.17) is 26.2 Å². The molecule has 0 spiro atoms. The van der Waals surface area contributed by atoms with Crippen LogP contribution in [0.15, 0.2) is 12.1 Å². The molecule has 1 heterocycles. The molecule has 1 aromatic carbocycles. The molecule has 1 atom stereocenters. The zero-order valence-electron chi connectivity index (χ0n) is 16.0. The van der Waals surface area contributed by atoms with Gasteiger partial charge in [-0.3, -0.25) is 9.59 Å². The van der Waals surface area contributed by atoms with Crippen LogP contribution in [0.4, 0.5) is 0 Å². The standard InChI is InChI=1S/C20H28ClNO5/c1-3-5-6-9-27-19-16(21)10-14(11-17(19)26-4-2)7-8-22-13-15(20(24)25)12-18(22)23/h10-11,15H,3-9,12-13H2,1-2H3,(H,24,25). The van der Waals surface area contributed by atoms with Crippen LogP contribution < -0.4 is 9.47 Å². The lowest BCUT2D eigenvalue weighted by Gasteiger charge is -2.18. The molecule has 1 amide bonds. The van der Waals surface area contributed by atoms with Gasteiger partial charge in [0.1, 0.15) is 0 Å². The van der Waals surface area contributed by atoms with Gasteiger partial charge in [0.2, 0.25) is 5.91 Å². The Balaban J connectivity index is 2.02. The molecule has 1 N–H and O–H groups in total. The molecule has 6 nitrogen and oxygen atoms in total. The third kappa shape index (κ3) is 6.03. The van der Waals surface area contributed by atoms with Crippen molar-refractivity contribution < 1.29 is 24.2 Å². The van der Waals surface area contributed by atoms with Crippen molar-refractivity contribution in [3.05, 3.63) is 22.7 Å². The summed E-state index contributed by atoms with van der Waals surface area (Å²) < 4.78 is 11.5. The molecule has 0 saturated carbocycles. The Kier molecular flexibility index (Phi) is 8.23. The quantitative estimate of drug-likeness (QED) is 0.575. The highest BCUT2D eigenvalue weighted by Crippen LogP contribution is 2.37. The second-order valence-electron chi connectivity index (χ2n) is 6.72. The highest BCUT2D eigenvalue weighted by molar-refractivity contribution is 6.32. The number of carboxylic acids is 1. The molecule has 1 aromatic rings. The van der Waals surface area contributed by atoms with Crippen molar-refractivity contribution in [2.24, 2.45) is 5.92 Å². The first-order valence-electron chi connectivity index (χ1n) is 9.54. The first-order valence-corrected chi connectivity index (χ1v) is 9.92. The number of ether oxygens (including phenoxy) is 2. The van der Waals surface area contributed by atoms with Gasteiger partial charge in [-0.25, -0.2) is 0 Å². The van der Waals surface area contributed by atoms with Gasteiger partial charge in [-0.1, -0.05) is 31.4 Å². The van der Waals surface area contributed by atoms with E-state index in [2.05, 4.69) is 6.92 Å². The van der Waals surface area contributed by atoms with Gasteiger partial charge in [0, 0.05) is 19.5 Å². The van der Waals surface area contributed by atoms with Gasteiger partial charge in [0.25, 0.3) is 0 Å². The summed E-state index contributed by atoms with van der Waals surface area (Å²) in [6.45, 7) is 5.84. The van der Waals surface area contributed by atoms with Crippen LogP contribution >= 0.6 is 11.6 Å². The van der Waals surface area contributed by atoms with Crippen molar-refractivity contribution in [2.45, 2.75) is 46.0 Å². The Bertz CT molecular complexity index is 664. The van der Waals surface area contributed by atoms with Crippen molar-refractivity contribution in [1.82, 2.24) is 4.90 Å². The number of carbonyl (C=O) groups is 2. The number of rotatable bonds is 11. The third-order valence-electron chi connectivity index (χ3n) is 4.60. The second kappa shape index (κ2) is 10.4. The first kappa shape index (κ1) is 21.4. The lowest BCUT2D eigenvalue weighted by molar-refractivity contribution is -0.141. The fraction of sp³-hybridized carbons (Fsp3) is 0.600. The number of nitrogens with zero attached hydrogens (tertiary/aromatic N) is 1. The summed E-state index contributed by atoms with van der Waals surface area (Å²) in [6, 6.07) is 3.72. The second-order valence-corrected chi connectivity index (χ2v) is 7.13. The van der Waals surface area contributed by atoms with E-state index in [1.807, 2.05) is 19.1 Å². The van der Waals surface area contributed by atoms with E-state index >= 15 is 0 Å². The van der Waals surface area contributed by atoms with Crippen LogP contribution in [0.1, 0.15) is 45.1 Å². The highest BCUT2D eigenvalue weighted by Gasteiger charge is 2.33. The zero-order valence-corrected chi connectivity index (χ0v) is 16.8. The lowest BCUT2D eigenvalue weighted by Crippen LogP contribution is -2.28. The summed E-state index contributed by atoms with van der Waals surface area (Å²) in [7, 11) is 0. The Morgan fingerprint density at radius 2 is 2.07 bits per heavy atom. The SMILES string of the molecule is CCCCCOc1c(Cl)cc(CCN2CC(C(=O)O)CC2=O)cc1OCC. The van der Waals surface area contributed by atoms with E-state index in [1.54, 1.807) is 4.90 Å². The first-order chi connectivity index (χ1) is 13.0. The maximum absolute atomic E-state index is 12.0. The smallest absolute Gasteiger partial charge is 0.308 e. The van der Waals surface area contributed by atoms with Gasteiger partial charge < -0.3 is 19.5 Å². The summed E-state index contributed by atoms with van der Waals surface area (Å²) in [5.41, 5.74) is 0.927. The van der Waals surface area contributed by atoms with Crippen LogP contribution in [-0.4, -0.2) is 48.2 Å². The van der Waals surface area contributed by atoms with Gasteiger partial charge in [0.05, 0.1) is 24.2 Å². The van der Waals surface area contributed by atoms with Crippen LogP contribution in [0.25, 0.3) is 0 Å². The zero-order chi connectivity index (χ0) is 19.8. The van der Waals surface area contributed by atoms with Crippen LogP contribution in [0.3, 0.4) is 0 Å². The van der Waals surface area contributed by atoms with E-state index in [9.17, 15) is 9.59 Å². The Morgan fingerprint density at radius 3 is 2.70 bits per heavy atom. The van der Waals surface area contributed by atoms with E-state index in [-0.39, 0.29) is 18.9 Å². The third-order valence-corrected chi connectivity index (χ3v) is 4.88. The van der Waals surface area contributed by atoms with E-state index in [0.29, 0.717) is 42.7 Å². The highest BCUT2D eigenvalue weighted by atomic mass is 35.5. The number of benzene rings is 1. The van der Waals surface area contributed by atoms with Crippen molar-refractivity contribution in [3.63, 3.8) is 0 Å². The van der Waals surface area contributed by atoms with E-state index < -0.39 is 11.9 Å². The Morgan fingerprint density at radius 1 is 1.30 bits per heavy atom. The summed E-state index contributed by atoms with van der Waals surface area (Å²) in [4.78, 5) is 24.6. The Hall–Kier alpha value is -1.95. The van der Waals surface area contributed by atoms with Gasteiger partial charge in [0.15, 0.2) is 11.5 Å². The monoisotopic (exact) mass is 397 g/mol. The van der Waals surface area contributed by atoms with Crippen LogP contribution in [0.2, 0.25) is 5.02 Å². The molecule has 0 radical (unpaired) electrons. The van der Waals surface area contributed by atoms with Crippen LogP contribution in [0, 0.1) is 5.92 Å². The molecule has 2 rings (SSSR count). The molecule has 7 heteroatoms. The van der Waals surface area contributed by atoms with Gasteiger partial charge >= 0.3 is 5.97 Å². The van der Waals surface area contributed by atoms with Crippen LogP contribution in [-0.2, 0) is 16.0 Å². The average Bonchev–Trinajstić information content (AvgIpc) is 3.00. The maximum Gasteiger partial charge on any atom is 0.308 e. The molecule has 0 bridgehead atoms. The summed E-state index contributed by atoms with van der Waals surface area (Å²) in [5.74, 6) is -0.486. The van der Waals surface area contributed by atoms with Gasteiger partial charge in [-0.05, 0) is 37.5 Å². The number of carboxylic acid groups (broad SMARTS) is 1. The number of unbranched alkanes of at least 4 members (excludes halogenated alkanes) is 2. The molecular weight excluding hydrogens is 370 g/mol. The number of hydrogen-bond acceptors (Lipinski definition) is 4. The Labute approximate surface area is 165 Å². The fourth-order valence-corrected chi connectivity index (χ4v) is 3.40. The largest absolute Gasteiger partial charge is 0.490 e. The predicted octanol–water partition coefficient (Wildman–Crippen LogP) is 3.78. The molecule has 1 aliphatic rings. The molecule has 150 valence electrons. The summed E-state index contributed by atoms with van der Waals surface area (Å²) in [6.07, 6.45) is 3.83. The van der Waals surface area contributed by atoms with E-state index in [0.717, 1.165) is 24.8 Å². The van der Waals surface area contributed by atoms with Gasteiger partial charge in [-0.15, -0.1) is 0 Å². The molecular formula is C20H28ClNO5. The van der Waals surface area contributed by atoms with Crippen molar-refractivity contribution in [1.29, 1.82) is 0 Å². The number of aliphatic carboxylic acids is 1. The molecule has 0 aliphatic carbocycles. The maximum atomic E-state index is 12.0. The summed E-state index contributed by atoms with van der Waals surface area (Å²) >= 11 is 6.41. The minimum atomic E-state index is -0.919. The number of halogens is 1. The van der Waals surface area contributed by atoms with Crippen molar-refractivity contribution in [2.75, 3.05) is 26.3 Å². The molecule has 0 aromatic heterocycles. The van der Waals surface area contributed by atoms with Gasteiger partial charge in [-0.2, -0.15) is 0 Å². The minimum Gasteiger partial charge on any atom is -0.490 e. The molecule has 27 heavy (non-hydrogen) atoms. The van der Waals surface area contributed by atoms with Crippen molar-refractivity contribution >= 4 is 23.5 Å². The molecule has 1 saturated heterocycles. The number of likely N-dealkylation sites (tertiary alicyclic amines) is 1.